The Hall–Kier alpha value is -6.70. The lowest BCUT2D eigenvalue weighted by Crippen LogP contribution is -2.33. The van der Waals surface area contributed by atoms with E-state index < -0.39 is 273 Å². The van der Waals surface area contributed by atoms with Crippen molar-refractivity contribution >= 4 is 176 Å². The predicted molar refractivity (Wildman–Crippen MR) is 524 cm³/mol. The number of aromatic amines is 4. The van der Waals surface area contributed by atoms with Crippen LogP contribution >= 0.6 is 59.4 Å². The molecule has 0 amide bonds. The highest BCUT2D eigenvalue weighted by atomic mass is 32.7. The summed E-state index contributed by atoms with van der Waals surface area (Å²) in [4.78, 5) is 226. The number of fused-ring (bicyclic) bond motifs is 2. The largest absolute Gasteiger partial charge is 0.386 e. The van der Waals surface area contributed by atoms with Gasteiger partial charge in [0.15, 0.2) is 22.6 Å². The van der Waals surface area contributed by atoms with E-state index in [0.717, 1.165) is 36.3 Å². The number of nitrogens with zero attached hydrogens (tertiary/aromatic N) is 14. The molecule has 7 aliphatic heterocycles. The summed E-state index contributed by atoms with van der Waals surface area (Å²) < 4.78 is 150. The first kappa shape index (κ1) is 110. The monoisotopic (exact) mass is 2290 g/mol. The van der Waals surface area contributed by atoms with E-state index in [2.05, 4.69) is 67.1 Å². The van der Waals surface area contributed by atoms with Crippen molar-refractivity contribution in [2.24, 2.45) is 0 Å². The van der Waals surface area contributed by atoms with Gasteiger partial charge in [0.2, 0.25) is 5.95 Å². The van der Waals surface area contributed by atoms with Crippen LogP contribution in [0.3, 0.4) is 0 Å². The van der Waals surface area contributed by atoms with Crippen molar-refractivity contribution in [2.45, 2.75) is 216 Å². The maximum absolute atomic E-state index is 14.8. The molecule has 0 saturated carbocycles. The van der Waals surface area contributed by atoms with Crippen molar-refractivity contribution in [1.82, 2.24) is 86.8 Å². The molecule has 788 valence electrons. The molecule has 7 fully saturated rings. The Labute approximate surface area is 844 Å². The summed E-state index contributed by atoms with van der Waals surface area (Å²) >= 11 is 37.5. The summed E-state index contributed by atoms with van der Waals surface area (Å²) in [7, 11) is 1.11. The zero-order valence-electron chi connectivity index (χ0n) is 75.9. The van der Waals surface area contributed by atoms with Crippen LogP contribution in [0.5, 0.6) is 0 Å². The van der Waals surface area contributed by atoms with Gasteiger partial charge < -0.3 is 140 Å². The number of nitrogen functional groups attached to an aromatic ring is 4. The van der Waals surface area contributed by atoms with Crippen molar-refractivity contribution in [2.75, 3.05) is 69.7 Å². The molecule has 9 aromatic heterocycles. The van der Waals surface area contributed by atoms with Gasteiger partial charge in [-0.2, -0.15) is 15.0 Å². The molecule has 9 aromatic rings. The smallest absolute Gasteiger partial charge is 0.383 e. The minimum Gasteiger partial charge on any atom is -0.383 e. The van der Waals surface area contributed by atoms with Crippen LogP contribution in [0.2, 0.25) is 0 Å². The average Bonchev–Trinajstić information content (AvgIpc) is 1.63. The Balaban J connectivity index is 0.605. The van der Waals surface area contributed by atoms with E-state index in [9.17, 15) is 77.1 Å². The van der Waals surface area contributed by atoms with Gasteiger partial charge in [0.05, 0.1) is 95.0 Å². The summed E-state index contributed by atoms with van der Waals surface area (Å²) in [5, 5.41) is 0. The highest BCUT2D eigenvalue weighted by Crippen LogP contribution is 2.60. The van der Waals surface area contributed by atoms with E-state index in [1.165, 1.54) is 80.5 Å². The molecule has 0 radical (unpaired) electrons. The maximum atomic E-state index is 14.8. The van der Waals surface area contributed by atoms with Crippen LogP contribution in [0.4, 0.5) is 23.4 Å². The molecule has 73 heteroatoms. The third kappa shape index (κ3) is 25.8. The van der Waals surface area contributed by atoms with Gasteiger partial charge in [0, 0.05) is 111 Å². The zero-order valence-corrected chi connectivity index (χ0v) is 87.9. The lowest BCUT2D eigenvalue weighted by atomic mass is 10.2. The highest BCUT2D eigenvalue weighted by Gasteiger charge is 2.52. The first-order chi connectivity index (χ1) is 67.6. The number of imidazole rings is 2. The zero-order chi connectivity index (χ0) is 104. The summed E-state index contributed by atoms with van der Waals surface area (Å²) in [5.41, 5.74) is 18.0. The number of aromatic nitrogens is 18. The Morgan fingerprint density at radius 2 is 0.667 bits per heavy atom. The lowest BCUT2D eigenvalue weighted by molar-refractivity contribution is -0.0571. The summed E-state index contributed by atoms with van der Waals surface area (Å²) in [6.07, 6.45) is -19.2. The number of nitrogens with one attached hydrogen (secondary N) is 4. The number of nitrogens with two attached hydrogens (primary N) is 4. The van der Waals surface area contributed by atoms with Crippen molar-refractivity contribution in [1.29, 1.82) is 0 Å². The third-order valence-corrected chi connectivity index (χ3v) is 35.0. The molecule has 0 spiro atoms. The van der Waals surface area contributed by atoms with Crippen LogP contribution in [0, 0.1) is 34.6 Å². The van der Waals surface area contributed by atoms with Crippen LogP contribution in [0.15, 0.2) is 93.1 Å². The summed E-state index contributed by atoms with van der Waals surface area (Å²) in [6, 6.07) is 0. The molecule has 16 rings (SSSR count). The number of ether oxygens (including phenoxy) is 7. The van der Waals surface area contributed by atoms with E-state index >= 15 is 0 Å². The average molecular weight is 2290 g/mol. The number of anilines is 4. The van der Waals surface area contributed by atoms with Crippen LogP contribution in [0.25, 0.3) is 22.3 Å². The van der Waals surface area contributed by atoms with Gasteiger partial charge in [0.25, 0.3) is 22.2 Å². The van der Waals surface area contributed by atoms with E-state index in [1.807, 2.05) is 0 Å². The van der Waals surface area contributed by atoms with E-state index in [4.69, 9.17) is 190 Å². The number of thiol groups is 1. The third-order valence-electron chi connectivity index (χ3n) is 23.7. The second kappa shape index (κ2) is 43.9. The van der Waals surface area contributed by atoms with Gasteiger partial charge in [-0.1, -0.05) is 12.2 Å². The minimum absolute atomic E-state index is 0.00771. The second-order valence-electron chi connectivity index (χ2n) is 33.8. The molecule has 7 aliphatic rings. The molecule has 144 heavy (non-hydrogen) atoms. The number of H-pyrrole nitrogens is 4. The Morgan fingerprint density at radius 1 is 0.368 bits per heavy atom. The van der Waals surface area contributed by atoms with E-state index in [1.54, 1.807) is 13.8 Å². The van der Waals surface area contributed by atoms with E-state index in [0.29, 0.717) is 11.1 Å². The molecule has 0 bridgehead atoms. The van der Waals surface area contributed by atoms with Crippen LogP contribution in [0.1, 0.15) is 123 Å². The molecule has 0 aliphatic carbocycles. The van der Waals surface area contributed by atoms with Gasteiger partial charge >= 0.3 is 75.6 Å². The van der Waals surface area contributed by atoms with Gasteiger partial charge in [-0.3, -0.25) is 80.1 Å². The molecular formula is C71H95N22O37P7S7. The Bertz CT molecular complexity index is 7360. The maximum Gasteiger partial charge on any atom is 0.386 e. The molecule has 0 aromatic carbocycles. The van der Waals surface area contributed by atoms with Crippen molar-refractivity contribution in [3.63, 3.8) is 0 Å². The first-order valence-corrected chi connectivity index (χ1v) is 61.3. The van der Waals surface area contributed by atoms with Crippen LogP contribution < -0.4 is 73.6 Å². The normalized spacial score (nSPS) is 29.7. The molecule has 16 heterocycles. The van der Waals surface area contributed by atoms with Crippen molar-refractivity contribution < 1.29 is 130 Å². The first-order valence-electron chi connectivity index (χ1n) is 43.0. The lowest BCUT2D eigenvalue weighted by Gasteiger charge is -2.28. The fourth-order valence-electron chi connectivity index (χ4n) is 16.5. The summed E-state index contributed by atoms with van der Waals surface area (Å²) in [6.45, 7) is -27.5. The molecular weight excluding hydrogens is 2190 g/mol. The number of hydrogen-bond donors (Lipinski definition) is 15. The van der Waals surface area contributed by atoms with Crippen LogP contribution in [-0.2, 0) is 172 Å². The standard InChI is InChI=1S/C71H95N22O37P7S7/c1-29-15-87(67(98)80-57(29)72)49-9-37(43(118-49)21-111-132(104,139)124-35-8-48(117-34(35)6)89-17-31(3)62(94)84-69(89)100)126-134(106,141)114-23-45-40(12-52(120-45)91-19-33(5)64(96)86-71(91)102)129-135(107,142)113-22-44-38(10-50(119-44)88-16-30(2)58(73)81-68(88)99)127-136(108,143)116-25-47-41(14-53(122-47)92-27-78-55-59(74)76-26-77-60(55)92)130-137(109,144)115-24-46-39(11-51(121-46)90-18-32(4)63(95)85-70(90)101)128-133(105,140)112-20-42-36(125-131(103,138)110-7)13-54(123-42)93-28-79-56-61(93)82-66(75)83-65(56)97/h15-19,26-28,34-54H,8-14,20-25H2,1-7H3,(H,103,138)(H,104,139)(H,105,140)(H,106,141)(H,107,142)(H,108,143)(H,109,144)(H2,72,80,98)(H2,73,81,99)(H2,74,76,77)(H,84,94,100)(H,85,95,101)(H,86,96,102)(H3,75,82,83,97)/t34-,35-,36-,37-,38-,39-,40-,41-,42-,43-,44-,45-,46-,47-,48-,49-,50-,51-,52-,53-,54-,131?,132?,133?,134?,135?,136?,137?/m1/s1. The fourth-order valence-corrected chi connectivity index (χ4v) is 26.4. The molecule has 59 nitrogen and oxygen atoms in total. The molecule has 7 unspecified atom stereocenters. The van der Waals surface area contributed by atoms with Gasteiger partial charge in [-0.05, 0) is 112 Å². The quantitative estimate of drug-likeness (QED) is 0.0187. The Kier molecular flexibility index (Phi) is 33.6. The fraction of sp³-hybridized carbons (Fsp3) is 0.577. The number of aryl methyl sites for hydroxylation is 5. The molecule has 28 atom stereocenters. The van der Waals surface area contributed by atoms with Crippen molar-refractivity contribution in [3.05, 3.63) is 172 Å². The van der Waals surface area contributed by atoms with E-state index in [-0.39, 0.29) is 101 Å². The summed E-state index contributed by atoms with van der Waals surface area (Å²) in [5.74, 6) is -0.503. The van der Waals surface area contributed by atoms with Crippen LogP contribution in [-0.4, -0.2) is 248 Å². The molecule has 7 saturated heterocycles. The topological polar surface area (TPSA) is 778 Å². The minimum atomic E-state index is -4.80. The van der Waals surface area contributed by atoms with Gasteiger partial charge in [0.1, 0.15) is 110 Å². The Morgan fingerprint density at radius 3 is 1.03 bits per heavy atom. The molecule has 18 N–H and O–H groups in total. The predicted octanol–water partition coefficient (Wildman–Crippen LogP) is 0.808. The second-order valence-corrected chi connectivity index (χ2v) is 53.5. The number of rotatable bonds is 40. The van der Waals surface area contributed by atoms with Crippen molar-refractivity contribution in [3.8, 4) is 0 Å². The SMILES string of the molecule is COP(O)(=S)O[C@@H]1C[C@H](n2cnc3c(=O)[nH]c(N)nc32)O[C@@H]1COP(O)(=S)O[C@@H]1C[C@H](n2cc(C)c(=O)[nH]c2=O)O[C@@H]1COP(O)(=S)O[C@@H]1C[C@H](n2cnc3c(N)ncnc32)O[C@@H]1COP(O)(=S)O[C@@H]1C[C@H](n2cc(C)c(N)nc2=O)O[C@@H]1COP(O)(=S)O[C@@H]1C[C@H](n2cc(C)c(=O)[nH]c2=O)O[C@@H]1COP(=O)(S)O[C@@H]1C[C@H](n2cc(C)c(N)nc2=O)O[C@@H]1COP(O)(=S)O[C@@H]1C[C@H](n2cc(C)c(=O)[nH]c2=O)O[C@@H]1C. The highest BCUT2D eigenvalue weighted by molar-refractivity contribution is 8.44. The number of hydrogen-bond acceptors (Lipinski definition) is 48. The van der Waals surface area contributed by atoms with Gasteiger partial charge in [-0.25, -0.2) is 48.5 Å². The van der Waals surface area contributed by atoms with Gasteiger partial charge in [-0.15, -0.1) is 0 Å².